The summed E-state index contributed by atoms with van der Waals surface area (Å²) in [6, 6.07) is 4.12. The molecule has 1 amide bonds. The van der Waals surface area contributed by atoms with Gasteiger partial charge in [0.25, 0.3) is 5.91 Å². The van der Waals surface area contributed by atoms with Crippen LogP contribution in [0, 0.1) is 0 Å². The molecule has 0 fully saturated rings. The molecular formula is C15H22N2O6S. The van der Waals surface area contributed by atoms with E-state index < -0.39 is 21.9 Å². The van der Waals surface area contributed by atoms with Crippen LogP contribution in [-0.2, 0) is 14.8 Å². The van der Waals surface area contributed by atoms with Crippen molar-refractivity contribution in [3.05, 3.63) is 23.8 Å². The molecule has 0 atom stereocenters. The first-order chi connectivity index (χ1) is 11.1. The Hall–Kier alpha value is -2.13. The molecule has 0 aliphatic heterocycles. The summed E-state index contributed by atoms with van der Waals surface area (Å²) >= 11 is 0. The fourth-order valence-electron chi connectivity index (χ4n) is 2.02. The zero-order valence-corrected chi connectivity index (χ0v) is 15.0. The van der Waals surface area contributed by atoms with Gasteiger partial charge in [-0.15, -0.1) is 0 Å². The van der Waals surface area contributed by atoms with Gasteiger partial charge in [0.2, 0.25) is 10.0 Å². The number of nitrogens with zero attached hydrogens (tertiary/aromatic N) is 2. The number of carboxylic acid groups (broad SMARTS) is 1. The average molecular weight is 358 g/mol. The second-order valence-corrected chi connectivity index (χ2v) is 7.30. The molecule has 0 unspecified atom stereocenters. The first-order valence-electron chi connectivity index (χ1n) is 7.26. The molecule has 0 bridgehead atoms. The van der Waals surface area contributed by atoms with Gasteiger partial charge in [0.15, 0.2) is 0 Å². The summed E-state index contributed by atoms with van der Waals surface area (Å²) in [5, 5.41) is 8.75. The van der Waals surface area contributed by atoms with E-state index in [1.54, 1.807) is 6.92 Å². The largest absolute Gasteiger partial charge is 0.495 e. The van der Waals surface area contributed by atoms with Gasteiger partial charge < -0.3 is 14.7 Å². The minimum absolute atomic E-state index is 0.0481. The lowest BCUT2D eigenvalue weighted by molar-refractivity contribution is -0.137. The Morgan fingerprint density at radius 3 is 2.33 bits per heavy atom. The molecule has 1 N–H and O–H groups in total. The molecule has 24 heavy (non-hydrogen) atoms. The Labute approximate surface area is 141 Å². The van der Waals surface area contributed by atoms with E-state index in [-0.39, 0.29) is 29.2 Å². The summed E-state index contributed by atoms with van der Waals surface area (Å²) in [4.78, 5) is 24.4. The minimum Gasteiger partial charge on any atom is -0.495 e. The number of carboxylic acids is 1. The number of benzene rings is 1. The predicted molar refractivity (Wildman–Crippen MR) is 87.7 cm³/mol. The van der Waals surface area contributed by atoms with E-state index in [4.69, 9.17) is 9.84 Å². The van der Waals surface area contributed by atoms with Gasteiger partial charge in [0, 0.05) is 32.7 Å². The number of ether oxygens (including phenoxy) is 1. The number of carbonyl (C=O) groups is 2. The van der Waals surface area contributed by atoms with E-state index in [0.717, 1.165) is 4.31 Å². The molecular weight excluding hydrogens is 336 g/mol. The molecule has 0 heterocycles. The number of aliphatic carboxylic acids is 1. The van der Waals surface area contributed by atoms with Crippen molar-refractivity contribution in [1.82, 2.24) is 9.21 Å². The van der Waals surface area contributed by atoms with Crippen molar-refractivity contribution in [2.24, 2.45) is 0 Å². The average Bonchev–Trinajstić information content (AvgIpc) is 2.54. The summed E-state index contributed by atoms with van der Waals surface area (Å²) in [5.74, 6) is -1.31. The lowest BCUT2D eigenvalue weighted by Crippen LogP contribution is -2.33. The molecule has 0 spiro atoms. The zero-order valence-electron chi connectivity index (χ0n) is 14.1. The smallest absolute Gasteiger partial charge is 0.305 e. The third kappa shape index (κ3) is 4.45. The number of methoxy groups -OCH3 is 1. The van der Waals surface area contributed by atoms with Crippen LogP contribution in [0.5, 0.6) is 5.75 Å². The molecule has 0 aromatic heterocycles. The summed E-state index contributed by atoms with van der Waals surface area (Å²) < 4.78 is 30.9. The van der Waals surface area contributed by atoms with E-state index in [0.29, 0.717) is 6.54 Å². The van der Waals surface area contributed by atoms with Gasteiger partial charge in [-0.05, 0) is 25.1 Å². The van der Waals surface area contributed by atoms with E-state index in [1.807, 2.05) is 0 Å². The van der Waals surface area contributed by atoms with Gasteiger partial charge in [-0.1, -0.05) is 0 Å². The van der Waals surface area contributed by atoms with Gasteiger partial charge >= 0.3 is 5.97 Å². The highest BCUT2D eigenvalue weighted by atomic mass is 32.2. The second-order valence-electron chi connectivity index (χ2n) is 5.18. The third-order valence-corrected chi connectivity index (χ3v) is 5.27. The van der Waals surface area contributed by atoms with Crippen LogP contribution in [0.4, 0.5) is 0 Å². The van der Waals surface area contributed by atoms with Crippen LogP contribution in [0.25, 0.3) is 0 Å². The van der Waals surface area contributed by atoms with Crippen LogP contribution in [0.3, 0.4) is 0 Å². The van der Waals surface area contributed by atoms with Crippen LogP contribution < -0.4 is 4.74 Å². The van der Waals surface area contributed by atoms with E-state index in [9.17, 15) is 18.0 Å². The van der Waals surface area contributed by atoms with Gasteiger partial charge in [-0.3, -0.25) is 9.59 Å². The number of amides is 1. The van der Waals surface area contributed by atoms with Crippen molar-refractivity contribution >= 4 is 21.9 Å². The van der Waals surface area contributed by atoms with Gasteiger partial charge in [-0.2, -0.15) is 0 Å². The summed E-state index contributed by atoms with van der Waals surface area (Å²) in [6.07, 6.45) is -0.182. The van der Waals surface area contributed by atoms with Gasteiger partial charge in [0.05, 0.1) is 13.5 Å². The van der Waals surface area contributed by atoms with Crippen molar-refractivity contribution in [2.75, 3.05) is 34.3 Å². The predicted octanol–water partition coefficient (Wildman–Crippen LogP) is 0.882. The third-order valence-electron chi connectivity index (χ3n) is 3.43. The molecule has 1 aromatic carbocycles. The molecule has 0 aliphatic carbocycles. The van der Waals surface area contributed by atoms with E-state index >= 15 is 0 Å². The van der Waals surface area contributed by atoms with Crippen LogP contribution in [0.1, 0.15) is 23.7 Å². The number of rotatable bonds is 8. The fraction of sp³-hybridized carbons (Fsp3) is 0.467. The minimum atomic E-state index is -3.79. The topological polar surface area (TPSA) is 104 Å². The molecule has 0 saturated heterocycles. The summed E-state index contributed by atoms with van der Waals surface area (Å²) in [5.41, 5.74) is 0.156. The molecule has 0 radical (unpaired) electrons. The number of hydrogen-bond donors (Lipinski definition) is 1. The highest BCUT2D eigenvalue weighted by Crippen LogP contribution is 2.27. The van der Waals surface area contributed by atoms with Crippen molar-refractivity contribution in [3.8, 4) is 5.75 Å². The standard InChI is InChI=1S/C15H22N2O6S/c1-5-17(9-8-14(18)19)15(20)11-6-7-12(23-4)13(10-11)24(21,22)16(2)3/h6-7,10H,5,8-9H2,1-4H3,(H,18,19). The molecule has 8 nitrogen and oxygen atoms in total. The Bertz CT molecular complexity index is 715. The summed E-state index contributed by atoms with van der Waals surface area (Å²) in [7, 11) is 0.320. The fourth-order valence-corrected chi connectivity index (χ4v) is 3.10. The maximum absolute atomic E-state index is 12.5. The van der Waals surface area contributed by atoms with E-state index in [1.165, 1.54) is 44.3 Å². The monoisotopic (exact) mass is 358 g/mol. The Kier molecular flexibility index (Phi) is 6.73. The van der Waals surface area contributed by atoms with Crippen molar-refractivity contribution in [2.45, 2.75) is 18.2 Å². The van der Waals surface area contributed by atoms with Crippen molar-refractivity contribution < 1.29 is 27.9 Å². The number of sulfonamides is 1. The van der Waals surface area contributed by atoms with E-state index in [2.05, 4.69) is 0 Å². The molecule has 1 rings (SSSR count). The molecule has 0 aliphatic rings. The lowest BCUT2D eigenvalue weighted by Gasteiger charge is -2.21. The highest BCUT2D eigenvalue weighted by Gasteiger charge is 2.25. The number of hydrogen-bond acceptors (Lipinski definition) is 5. The van der Waals surface area contributed by atoms with Crippen LogP contribution in [-0.4, -0.2) is 68.9 Å². The molecule has 134 valence electrons. The maximum Gasteiger partial charge on any atom is 0.305 e. The van der Waals surface area contributed by atoms with Crippen LogP contribution >= 0.6 is 0 Å². The van der Waals surface area contributed by atoms with Crippen LogP contribution in [0.15, 0.2) is 23.1 Å². The zero-order chi connectivity index (χ0) is 18.5. The summed E-state index contributed by atoms with van der Waals surface area (Å²) in [6.45, 7) is 2.08. The van der Waals surface area contributed by atoms with Gasteiger partial charge in [-0.25, -0.2) is 12.7 Å². The van der Waals surface area contributed by atoms with Crippen molar-refractivity contribution in [3.63, 3.8) is 0 Å². The van der Waals surface area contributed by atoms with Crippen LogP contribution in [0.2, 0.25) is 0 Å². The first-order valence-corrected chi connectivity index (χ1v) is 8.70. The first kappa shape index (κ1) is 19.9. The highest BCUT2D eigenvalue weighted by molar-refractivity contribution is 7.89. The second kappa shape index (κ2) is 8.11. The normalized spacial score (nSPS) is 11.4. The number of carbonyl (C=O) groups excluding carboxylic acids is 1. The Morgan fingerprint density at radius 1 is 1.25 bits per heavy atom. The lowest BCUT2D eigenvalue weighted by atomic mass is 10.2. The molecule has 0 saturated carbocycles. The molecule has 1 aromatic rings. The quantitative estimate of drug-likeness (QED) is 0.740. The maximum atomic E-state index is 12.5. The Morgan fingerprint density at radius 2 is 1.88 bits per heavy atom. The SMILES string of the molecule is CCN(CCC(=O)O)C(=O)c1ccc(OC)c(S(=O)(=O)N(C)C)c1. The molecule has 9 heteroatoms. The van der Waals surface area contributed by atoms with Crippen molar-refractivity contribution in [1.29, 1.82) is 0 Å². The Balaban J connectivity index is 3.26. The van der Waals surface area contributed by atoms with Gasteiger partial charge in [0.1, 0.15) is 10.6 Å².